The van der Waals surface area contributed by atoms with Gasteiger partial charge in [-0.3, -0.25) is 95.9 Å². The molecule has 17 amide bonds. The van der Waals surface area contributed by atoms with Gasteiger partial charge < -0.3 is 130 Å². The fourth-order valence-corrected chi connectivity index (χ4v) is 16.9. The van der Waals surface area contributed by atoms with Crippen molar-refractivity contribution in [2.75, 3.05) is 65.9 Å². The number of hydrogen-bond acceptors (Lipinski definition) is 24. The van der Waals surface area contributed by atoms with Crippen molar-refractivity contribution in [2.24, 2.45) is 17.2 Å². The number of nitrogens with zero attached hydrogens (tertiary/aromatic N) is 5. The van der Waals surface area contributed by atoms with E-state index in [1.165, 1.54) is 41.4 Å². The Balaban J connectivity index is 1.20. The lowest BCUT2D eigenvalue weighted by molar-refractivity contribution is -0.149. The van der Waals surface area contributed by atoms with Gasteiger partial charge in [0.05, 0.1) is 38.4 Å². The van der Waals surface area contributed by atoms with Gasteiger partial charge >= 0.3 is 17.9 Å². The first-order valence-corrected chi connectivity index (χ1v) is 45.1. The number of aromatic nitrogens is 2. The van der Waals surface area contributed by atoms with Gasteiger partial charge in [-0.15, -0.1) is 11.8 Å². The van der Waals surface area contributed by atoms with Gasteiger partial charge in [-0.2, -0.15) is 0 Å². The molecule has 46 heteroatoms. The van der Waals surface area contributed by atoms with Gasteiger partial charge in [0, 0.05) is 119 Å². The number of methoxy groups -OCH3 is 1. The molecule has 134 heavy (non-hydrogen) atoms. The Kier molecular flexibility index (Phi) is 39.5. The van der Waals surface area contributed by atoms with Crippen LogP contribution in [0.1, 0.15) is 134 Å². The molecule has 728 valence electrons. The maximum Gasteiger partial charge on any atom is 0.305 e. The van der Waals surface area contributed by atoms with E-state index in [0.29, 0.717) is 68.8 Å². The number of nitrogens with two attached hydrogens (primary N) is 3. The zero-order chi connectivity index (χ0) is 98.5. The van der Waals surface area contributed by atoms with Gasteiger partial charge in [-0.25, -0.2) is 0 Å². The molecule has 0 spiro atoms. The summed E-state index contributed by atoms with van der Waals surface area (Å²) in [5.41, 5.74) is 19.5. The van der Waals surface area contributed by atoms with Crippen molar-refractivity contribution in [3.63, 3.8) is 0 Å². The predicted molar refractivity (Wildman–Crippen MR) is 482 cm³/mol. The summed E-state index contributed by atoms with van der Waals surface area (Å²) >= 11 is 0.699. The van der Waals surface area contributed by atoms with Gasteiger partial charge in [-0.05, 0) is 86.4 Å². The first-order valence-electron chi connectivity index (χ1n) is 44.0. The van der Waals surface area contributed by atoms with Crippen molar-refractivity contribution < 1.29 is 121 Å². The minimum atomic E-state index is -2.11. The Hall–Kier alpha value is -13.8. The van der Waals surface area contributed by atoms with E-state index in [1.54, 1.807) is 92.8 Å². The molecule has 0 saturated carbocycles. The Morgan fingerprint density at radius 1 is 0.500 bits per heavy atom. The van der Waals surface area contributed by atoms with Gasteiger partial charge in [-0.1, -0.05) is 88.1 Å². The van der Waals surface area contributed by atoms with E-state index in [9.17, 15) is 82.8 Å². The number of carbonyl (C=O) groups is 20. The largest absolute Gasteiger partial charge is 0.497 e. The summed E-state index contributed by atoms with van der Waals surface area (Å²) in [6.45, 7) is 2.46. The molecule has 8 rings (SSSR count). The van der Waals surface area contributed by atoms with Crippen LogP contribution in [0.25, 0.3) is 21.8 Å². The number of primary amides is 2. The van der Waals surface area contributed by atoms with Gasteiger partial charge in [0.2, 0.25) is 100 Å². The van der Waals surface area contributed by atoms with Crippen LogP contribution in [-0.4, -0.2) is 330 Å². The number of para-hydroxylation sites is 2. The molecule has 3 saturated heterocycles. The topological polar surface area (TPSA) is 678 Å². The lowest BCUT2D eigenvalue weighted by atomic mass is 9.99. The number of hydrogen-bond donors (Lipinski definition) is 19. The van der Waals surface area contributed by atoms with Crippen LogP contribution in [0.5, 0.6) is 5.75 Å². The molecule has 22 N–H and O–H groups in total. The van der Waals surface area contributed by atoms with Crippen molar-refractivity contribution in [3.05, 3.63) is 102 Å². The molecule has 3 aromatic carbocycles. The zero-order valence-corrected chi connectivity index (χ0v) is 76.3. The number of fused-ring (bicyclic) bond motifs is 4. The van der Waals surface area contributed by atoms with Gasteiger partial charge in [0.15, 0.2) is 0 Å². The summed E-state index contributed by atoms with van der Waals surface area (Å²) in [6, 6.07) is -4.18. The van der Waals surface area contributed by atoms with Gasteiger partial charge in [0.1, 0.15) is 90.3 Å². The number of carbonyl (C=O) groups excluding carboxylic acids is 17. The van der Waals surface area contributed by atoms with E-state index in [0.717, 1.165) is 24.5 Å². The van der Waals surface area contributed by atoms with E-state index >= 15 is 33.6 Å². The quantitative estimate of drug-likeness (QED) is 0.0240. The van der Waals surface area contributed by atoms with E-state index < -0.39 is 292 Å². The maximum atomic E-state index is 15.7. The van der Waals surface area contributed by atoms with Gasteiger partial charge in [0.25, 0.3) is 0 Å². The molecule has 0 aliphatic carbocycles. The highest BCUT2D eigenvalue weighted by molar-refractivity contribution is 8.00. The second-order valence-electron chi connectivity index (χ2n) is 33.3. The van der Waals surface area contributed by atoms with E-state index in [1.807, 2.05) is 0 Å². The molecule has 5 heterocycles. The number of likely N-dealkylation sites (N-methyl/N-ethyl adjacent to an activating group) is 3. The highest BCUT2D eigenvalue weighted by Gasteiger charge is 2.47. The summed E-state index contributed by atoms with van der Waals surface area (Å²) in [4.78, 5) is 297. The third kappa shape index (κ3) is 29.4. The number of aliphatic hydroxyl groups is 1. The lowest BCUT2D eigenvalue weighted by Gasteiger charge is -2.36. The summed E-state index contributed by atoms with van der Waals surface area (Å²) < 4.78 is 5.31. The Bertz CT molecular complexity index is 5130. The minimum Gasteiger partial charge on any atom is -0.497 e. The third-order valence-electron chi connectivity index (χ3n) is 23.6. The molecular weight excluding hydrogens is 1770 g/mol. The predicted octanol–water partition coefficient (Wildman–Crippen LogP) is -3.73. The number of aromatic amines is 2. The van der Waals surface area contributed by atoms with Crippen LogP contribution in [0.3, 0.4) is 0 Å². The highest BCUT2D eigenvalue weighted by atomic mass is 32.2. The Labute approximate surface area is 774 Å². The standard InChI is InChI=1S/C88H120N20O25S/c1-8-10-21-65-81(125)96-56(28-30-72(113)114)77(121)103-64(76(120)94-42-70(91)111)44-134-45-71(112)95-60(33-47-24-26-51(133-7)27-25-47)84(128)104(4)46(3)75(119)100-62(37-69(90)110)87(131)107-32-16-23-66(107)82(126)102-63(39-89)80(124)97-57(29-31-73(115)116)86(130)108-43-50(109)36-68(108)83(127)99-58(34-48-40-92-54-19-14-12-17-52(48)54)78(122)98-59(38-74(117)118)79(123)101-61(35-49-41-93-55-20-15-13-18-53(49)55)85(129)106(6)67(22-11-9-2)88(132)105(65)5/h12-15,17-20,24-27,40-41,46,50,56-68,92-93,109H,8-11,16,21-23,28-39,42-45,89H2,1-7H3,(H2,90,110)(H2,91,111)(H,94,120)(H,95,112)(H,96,125)(H,97,124)(H,98,122)(H,99,127)(H,100,119)(H,101,123)(H,102,126)(H,103,121)(H,113,114)(H,115,116)(H,117,118)/t46-,50+,56-,57-,58-,59-,60-,61-,62+,63-,64-,65-,66-,67-,68-/m0/s1. The molecule has 2 aromatic heterocycles. The normalized spacial score (nSPS) is 24.8. The fourth-order valence-electron chi connectivity index (χ4n) is 16.1. The molecule has 3 fully saturated rings. The second kappa shape index (κ2) is 50.2. The number of carboxylic acids is 3. The number of thioether (sulfide) groups is 1. The number of ether oxygens (including phenoxy) is 1. The average Bonchev–Trinajstić information content (AvgIpc) is 1.61. The SMILES string of the molecule is CCCC[C@H]1C(=O)N(C)[C@@H](CCCC)C(=O)N[C@@H](CCC(=O)O)C(=O)N[C@H](C(=O)NCC(N)=O)CSCC(=O)N[C@@H](Cc2ccc(OC)cc2)C(=O)N(C)[C@@H](C)C(=O)N[C@H](CC(N)=O)C(=O)N2CCC[C@H]2C(=O)N[C@@H](CN)C(=O)N[C@@H](CCC(=O)O)C(=O)N2C[C@H](O)C[C@H]2C(=O)N[C@@H](Cc2c[nH]c3ccccc23)C(=O)N[C@@H](CC(=O)O)C(=O)N[C@@H](Cc2c[nH]c3ccccc23)C(=O)N1C. The second-order valence-corrected chi connectivity index (χ2v) is 34.3. The zero-order valence-electron chi connectivity index (χ0n) is 75.5. The average molecular weight is 1890 g/mol. The van der Waals surface area contributed by atoms with Crippen molar-refractivity contribution in [2.45, 2.75) is 227 Å². The van der Waals surface area contributed by atoms with Crippen molar-refractivity contribution >= 4 is 152 Å². The first kappa shape index (κ1) is 106. The number of carboxylic acid groups (broad SMARTS) is 3. The summed E-state index contributed by atoms with van der Waals surface area (Å²) in [7, 11) is 5.10. The smallest absolute Gasteiger partial charge is 0.305 e. The monoisotopic (exact) mass is 1890 g/mol. The Morgan fingerprint density at radius 2 is 1.00 bits per heavy atom. The number of benzene rings is 3. The highest BCUT2D eigenvalue weighted by Crippen LogP contribution is 2.28. The molecule has 0 unspecified atom stereocenters. The van der Waals surface area contributed by atoms with Crippen LogP contribution in [0.15, 0.2) is 85.2 Å². The summed E-state index contributed by atoms with van der Waals surface area (Å²) in [5, 5.41) is 67.9. The molecule has 5 aromatic rings. The molecule has 3 aliphatic rings. The Morgan fingerprint density at radius 3 is 1.58 bits per heavy atom. The van der Waals surface area contributed by atoms with Crippen LogP contribution >= 0.6 is 11.8 Å². The minimum absolute atomic E-state index is 0.0960. The molecule has 15 atom stereocenters. The third-order valence-corrected chi connectivity index (χ3v) is 24.6. The van der Waals surface area contributed by atoms with Crippen molar-refractivity contribution in [3.8, 4) is 5.75 Å². The lowest BCUT2D eigenvalue weighted by Crippen LogP contribution is -2.61. The fraction of sp³-hybridized carbons (Fsp3) is 0.523. The van der Waals surface area contributed by atoms with Crippen LogP contribution < -0.4 is 75.1 Å². The first-order chi connectivity index (χ1) is 63.7. The van der Waals surface area contributed by atoms with Crippen LogP contribution in [0, 0.1) is 0 Å². The number of aliphatic hydroxyl groups excluding tert-OH is 1. The van der Waals surface area contributed by atoms with E-state index in [-0.39, 0.29) is 57.9 Å². The number of nitrogens with one attached hydrogen (secondary N) is 12. The number of H-pyrrole nitrogens is 2. The van der Waals surface area contributed by atoms with E-state index in [4.69, 9.17) is 21.9 Å². The number of rotatable bonds is 27. The number of amides is 17. The maximum absolute atomic E-state index is 15.7. The molecule has 45 nitrogen and oxygen atoms in total. The number of aliphatic carboxylic acids is 3. The molecule has 0 radical (unpaired) electrons. The number of unbranched alkanes of at least 4 members (excludes halogenated alkanes) is 2. The van der Waals surface area contributed by atoms with Crippen molar-refractivity contribution in [1.29, 1.82) is 0 Å². The summed E-state index contributed by atoms with van der Waals surface area (Å²) in [5.74, 6) is -23.5. The van der Waals surface area contributed by atoms with Crippen LogP contribution in [-0.2, 0) is 115 Å². The molecular formula is C88H120N20O25S. The van der Waals surface area contributed by atoms with Crippen molar-refractivity contribution in [1.82, 2.24) is 87.6 Å². The summed E-state index contributed by atoms with van der Waals surface area (Å²) in [6.07, 6.45) is -3.96. The van der Waals surface area contributed by atoms with Crippen LogP contribution in [0.2, 0.25) is 0 Å². The van der Waals surface area contributed by atoms with E-state index in [2.05, 4.69) is 63.1 Å². The van der Waals surface area contributed by atoms with Crippen LogP contribution in [0.4, 0.5) is 0 Å². The molecule has 3 aliphatic heterocycles. The molecule has 0 bridgehead atoms.